The summed E-state index contributed by atoms with van der Waals surface area (Å²) in [4.78, 5) is 24.9. The third kappa shape index (κ3) is 2.84. The summed E-state index contributed by atoms with van der Waals surface area (Å²) in [7, 11) is 0. The molecule has 4 atom stereocenters. The van der Waals surface area contributed by atoms with E-state index < -0.39 is 17.8 Å². The number of nitrogens with zero attached hydrogens (tertiary/aromatic N) is 1. The van der Waals surface area contributed by atoms with Gasteiger partial charge in [0.1, 0.15) is 5.40 Å². The fourth-order valence-corrected chi connectivity index (χ4v) is 4.10. The molecule has 1 aromatic rings. The lowest BCUT2D eigenvalue weighted by molar-refractivity contribution is -0.146. The number of carboxylic acid groups (broad SMARTS) is 1. The first-order chi connectivity index (χ1) is 11.0. The van der Waals surface area contributed by atoms with E-state index in [4.69, 9.17) is 5.26 Å². The van der Waals surface area contributed by atoms with Crippen LogP contribution in [0.2, 0.25) is 0 Å². The first-order valence-corrected chi connectivity index (χ1v) is 8.21. The van der Waals surface area contributed by atoms with E-state index in [1.54, 1.807) is 12.1 Å². The number of carbonyl (C=O) groups is 2. The summed E-state index contributed by atoms with van der Waals surface area (Å²) < 4.78 is 0. The molecule has 1 saturated carbocycles. The zero-order valence-electron chi connectivity index (χ0n) is 12.5. The molecule has 3 rings (SSSR count). The molecule has 2 aliphatic carbocycles. The predicted octanol–water partition coefficient (Wildman–Crippen LogP) is 3.03. The quantitative estimate of drug-likeness (QED) is 0.504. The molecule has 0 aliphatic heterocycles. The van der Waals surface area contributed by atoms with Gasteiger partial charge in [0.25, 0.3) is 0 Å². The number of aliphatic carboxylic acids is 1. The summed E-state index contributed by atoms with van der Waals surface area (Å²) in [5.41, 5.74) is 1.51. The minimum Gasteiger partial charge on any atom is -0.481 e. The first kappa shape index (κ1) is 15.6. The largest absolute Gasteiger partial charge is 0.481 e. The Morgan fingerprint density at radius 2 is 2.00 bits per heavy atom. The van der Waals surface area contributed by atoms with Crippen LogP contribution < -0.4 is 5.32 Å². The molecule has 118 valence electrons. The van der Waals surface area contributed by atoms with E-state index in [-0.39, 0.29) is 17.7 Å². The zero-order valence-corrected chi connectivity index (χ0v) is 13.3. The molecule has 0 unspecified atom stereocenters. The molecule has 0 spiro atoms. The number of carboxylic acids is 1. The normalized spacial score (nSPS) is 27.7. The van der Waals surface area contributed by atoms with Crippen LogP contribution in [0.1, 0.15) is 12.0 Å². The SMILES string of the molecule is Cc1cc(SC#N)ccc1NC(=O)[C@H]1[C@@H](C(=O)O)[C@H]2C=C[C@H]1C2. The Bertz CT molecular complexity index is 738. The van der Waals surface area contributed by atoms with Gasteiger partial charge in [-0.1, -0.05) is 12.2 Å². The van der Waals surface area contributed by atoms with Crippen LogP contribution in [0.5, 0.6) is 0 Å². The number of anilines is 1. The number of nitrogens with one attached hydrogen (secondary N) is 1. The molecular formula is C17H16N2O3S. The second kappa shape index (κ2) is 6.09. The highest BCUT2D eigenvalue weighted by molar-refractivity contribution is 8.03. The van der Waals surface area contributed by atoms with Crippen LogP contribution >= 0.6 is 11.8 Å². The van der Waals surface area contributed by atoms with Crippen molar-refractivity contribution >= 4 is 29.3 Å². The van der Waals surface area contributed by atoms with Gasteiger partial charge in [-0.3, -0.25) is 9.59 Å². The summed E-state index contributed by atoms with van der Waals surface area (Å²) in [5, 5.41) is 23.0. The molecule has 0 radical (unpaired) electrons. The van der Waals surface area contributed by atoms with Gasteiger partial charge in [-0.05, 0) is 60.7 Å². The summed E-state index contributed by atoms with van der Waals surface area (Å²) >= 11 is 1.06. The van der Waals surface area contributed by atoms with E-state index in [1.807, 2.05) is 30.5 Å². The number of allylic oxidation sites excluding steroid dienone is 2. The highest BCUT2D eigenvalue weighted by Gasteiger charge is 2.51. The Labute approximate surface area is 138 Å². The van der Waals surface area contributed by atoms with Crippen molar-refractivity contribution < 1.29 is 14.7 Å². The van der Waals surface area contributed by atoms with Crippen LogP contribution in [0, 0.1) is 41.3 Å². The van der Waals surface area contributed by atoms with E-state index in [2.05, 4.69) is 5.32 Å². The third-order valence-corrected chi connectivity index (χ3v) is 5.25. The number of benzene rings is 1. The Morgan fingerprint density at radius 1 is 1.30 bits per heavy atom. The van der Waals surface area contributed by atoms with Gasteiger partial charge < -0.3 is 10.4 Å². The fourth-order valence-electron chi connectivity index (χ4n) is 3.63. The lowest BCUT2D eigenvalue weighted by Gasteiger charge is -2.24. The fraction of sp³-hybridized carbons (Fsp3) is 0.353. The van der Waals surface area contributed by atoms with E-state index in [0.717, 1.165) is 28.6 Å². The van der Waals surface area contributed by atoms with Gasteiger partial charge >= 0.3 is 5.97 Å². The van der Waals surface area contributed by atoms with Crippen LogP contribution in [-0.4, -0.2) is 17.0 Å². The molecule has 0 saturated heterocycles. The Kier molecular flexibility index (Phi) is 4.14. The summed E-state index contributed by atoms with van der Waals surface area (Å²) in [6.45, 7) is 1.85. The standard InChI is InChI=1S/C17H16N2O3S/c1-9-6-12(23-8-18)4-5-13(9)19-16(20)14-10-2-3-11(7-10)15(14)17(21)22/h2-6,10-11,14-15H,7H2,1H3,(H,19,20)(H,21,22)/t10-,11-,14+,15-/m0/s1. The number of carbonyl (C=O) groups excluding carboxylic acids is 1. The lowest BCUT2D eigenvalue weighted by Crippen LogP contribution is -2.36. The van der Waals surface area contributed by atoms with Crippen molar-refractivity contribution in [3.05, 3.63) is 35.9 Å². The molecule has 5 nitrogen and oxygen atoms in total. The van der Waals surface area contributed by atoms with Crippen molar-refractivity contribution in [2.75, 3.05) is 5.32 Å². The minimum atomic E-state index is -0.903. The molecule has 1 aromatic carbocycles. The molecule has 23 heavy (non-hydrogen) atoms. The number of thiocyanates is 1. The maximum absolute atomic E-state index is 12.6. The van der Waals surface area contributed by atoms with Gasteiger partial charge in [0.05, 0.1) is 11.8 Å². The molecule has 2 aliphatic rings. The van der Waals surface area contributed by atoms with Crippen LogP contribution in [0.4, 0.5) is 5.69 Å². The van der Waals surface area contributed by atoms with Crippen LogP contribution in [0.15, 0.2) is 35.2 Å². The first-order valence-electron chi connectivity index (χ1n) is 7.40. The highest BCUT2D eigenvalue weighted by Crippen LogP contribution is 2.48. The smallest absolute Gasteiger partial charge is 0.307 e. The van der Waals surface area contributed by atoms with E-state index in [0.29, 0.717) is 5.69 Å². The maximum Gasteiger partial charge on any atom is 0.307 e. The molecule has 2 N–H and O–H groups in total. The highest BCUT2D eigenvalue weighted by atomic mass is 32.2. The summed E-state index contributed by atoms with van der Waals surface area (Å²) in [5.74, 6) is -2.33. The van der Waals surface area contributed by atoms with Crippen molar-refractivity contribution in [3.63, 3.8) is 0 Å². The number of nitriles is 1. The number of hydrogen-bond acceptors (Lipinski definition) is 4. The molecule has 2 bridgehead atoms. The van der Waals surface area contributed by atoms with Crippen molar-refractivity contribution in [2.24, 2.45) is 23.7 Å². The number of amides is 1. The monoisotopic (exact) mass is 328 g/mol. The number of hydrogen-bond donors (Lipinski definition) is 2. The number of aryl methyl sites for hydroxylation is 1. The minimum absolute atomic E-state index is 0.00910. The van der Waals surface area contributed by atoms with Gasteiger partial charge in [0.2, 0.25) is 5.91 Å². The number of thioether (sulfide) groups is 1. The molecule has 1 amide bonds. The number of rotatable bonds is 4. The maximum atomic E-state index is 12.6. The average molecular weight is 328 g/mol. The second-order valence-corrected chi connectivity index (χ2v) is 6.86. The van der Waals surface area contributed by atoms with Gasteiger partial charge in [-0.2, -0.15) is 5.26 Å². The van der Waals surface area contributed by atoms with E-state index in [9.17, 15) is 14.7 Å². The Hall–Kier alpha value is -2.26. The van der Waals surface area contributed by atoms with Gasteiger partial charge in [-0.25, -0.2) is 0 Å². The second-order valence-electron chi connectivity index (χ2n) is 6.00. The number of fused-ring (bicyclic) bond motifs is 2. The van der Waals surface area contributed by atoms with Crippen LogP contribution in [0.25, 0.3) is 0 Å². The van der Waals surface area contributed by atoms with Crippen molar-refractivity contribution in [1.82, 2.24) is 0 Å². The van der Waals surface area contributed by atoms with Gasteiger partial charge in [0, 0.05) is 10.6 Å². The third-order valence-electron chi connectivity index (χ3n) is 4.67. The average Bonchev–Trinajstić information content (AvgIpc) is 3.11. The Morgan fingerprint density at radius 3 is 2.61 bits per heavy atom. The van der Waals surface area contributed by atoms with E-state index >= 15 is 0 Å². The molecule has 1 fully saturated rings. The Balaban J connectivity index is 1.78. The van der Waals surface area contributed by atoms with Crippen LogP contribution in [-0.2, 0) is 9.59 Å². The lowest BCUT2D eigenvalue weighted by atomic mass is 9.82. The van der Waals surface area contributed by atoms with Crippen molar-refractivity contribution in [1.29, 1.82) is 5.26 Å². The molecule has 0 aromatic heterocycles. The predicted molar refractivity (Wildman–Crippen MR) is 86.6 cm³/mol. The van der Waals surface area contributed by atoms with Crippen LogP contribution in [0.3, 0.4) is 0 Å². The molecule has 0 heterocycles. The molecule has 6 heteroatoms. The summed E-state index contributed by atoms with van der Waals surface area (Å²) in [6.07, 6.45) is 4.63. The van der Waals surface area contributed by atoms with E-state index in [1.165, 1.54) is 0 Å². The zero-order chi connectivity index (χ0) is 16.6. The molecular weight excluding hydrogens is 312 g/mol. The topological polar surface area (TPSA) is 90.2 Å². The van der Waals surface area contributed by atoms with Crippen molar-refractivity contribution in [3.8, 4) is 5.40 Å². The van der Waals surface area contributed by atoms with Crippen molar-refractivity contribution in [2.45, 2.75) is 18.2 Å². The summed E-state index contributed by atoms with van der Waals surface area (Å²) in [6, 6.07) is 5.36. The van der Waals surface area contributed by atoms with Gasteiger partial charge in [0.15, 0.2) is 0 Å². The van der Waals surface area contributed by atoms with Gasteiger partial charge in [-0.15, -0.1) is 0 Å².